The molecule has 12 heteroatoms. The molecular formula is C27H40N4O7S. The van der Waals surface area contributed by atoms with Crippen LogP contribution in [0.1, 0.15) is 81.5 Å². The van der Waals surface area contributed by atoms with E-state index in [0.29, 0.717) is 56.7 Å². The molecule has 39 heavy (non-hydrogen) atoms. The number of nitrogens with zero attached hydrogens (tertiary/aromatic N) is 3. The first kappa shape index (κ1) is 27.0. The van der Waals surface area contributed by atoms with E-state index in [4.69, 9.17) is 14.0 Å². The zero-order valence-electron chi connectivity index (χ0n) is 23.0. The van der Waals surface area contributed by atoms with Gasteiger partial charge in [0, 0.05) is 37.3 Å². The summed E-state index contributed by atoms with van der Waals surface area (Å²) >= 11 is 0. The summed E-state index contributed by atoms with van der Waals surface area (Å²) in [4.78, 5) is 27.0. The molecule has 5 fully saturated rings. The Morgan fingerprint density at radius 2 is 1.72 bits per heavy atom. The van der Waals surface area contributed by atoms with Gasteiger partial charge in [-0.1, -0.05) is 5.16 Å². The Hall–Kier alpha value is -2.18. The van der Waals surface area contributed by atoms with Gasteiger partial charge in [-0.25, -0.2) is 13.2 Å². The highest BCUT2D eigenvalue weighted by molar-refractivity contribution is 7.89. The molecule has 4 aliphatic heterocycles. The monoisotopic (exact) mass is 564 g/mol. The molecule has 0 radical (unpaired) electrons. The van der Waals surface area contributed by atoms with Crippen molar-refractivity contribution in [3.8, 4) is 0 Å². The number of rotatable bonds is 6. The standard InChI is InChI=1S/C27H40N4O7S/c1-27(2,3)37-26(33)30-11-17-6-16(7-18(17)12-30)15-39(34,35)31-21-4-5-22(31)9-20(8-21)28-25(32)23-10-24(38-29-23)19-13-36-14-19/h10,16-22H,4-9,11-15H2,1-3H3,(H,28,32)/t16?,17-,18+,20?,21-,22+. The number of nitrogens with one attached hydrogen (secondary N) is 1. The quantitative estimate of drug-likeness (QED) is 0.558. The zero-order chi connectivity index (χ0) is 27.5. The summed E-state index contributed by atoms with van der Waals surface area (Å²) in [7, 11) is -3.42. The van der Waals surface area contributed by atoms with Crippen LogP contribution < -0.4 is 5.32 Å². The smallest absolute Gasteiger partial charge is 0.410 e. The van der Waals surface area contributed by atoms with Crippen LogP contribution in [0.25, 0.3) is 0 Å². The lowest BCUT2D eigenvalue weighted by molar-refractivity contribution is -0.00229. The van der Waals surface area contributed by atoms with Gasteiger partial charge in [-0.15, -0.1) is 0 Å². The van der Waals surface area contributed by atoms with Gasteiger partial charge in [-0.05, 0) is 77.0 Å². The van der Waals surface area contributed by atoms with Gasteiger partial charge in [0.15, 0.2) is 5.69 Å². The molecule has 4 saturated heterocycles. The predicted octanol–water partition coefficient (Wildman–Crippen LogP) is 2.74. The Bertz CT molecular complexity index is 1180. The van der Waals surface area contributed by atoms with Crippen molar-refractivity contribution in [1.29, 1.82) is 0 Å². The third-order valence-corrected chi connectivity index (χ3v) is 11.2. The fourth-order valence-electron chi connectivity index (χ4n) is 7.37. The van der Waals surface area contributed by atoms with E-state index in [9.17, 15) is 18.0 Å². The van der Waals surface area contributed by atoms with Crippen LogP contribution in [-0.4, -0.2) is 90.6 Å². The van der Waals surface area contributed by atoms with Gasteiger partial charge in [0.1, 0.15) is 11.4 Å². The zero-order valence-corrected chi connectivity index (χ0v) is 23.8. The molecule has 216 valence electrons. The lowest BCUT2D eigenvalue weighted by Gasteiger charge is -2.38. The van der Waals surface area contributed by atoms with E-state index in [0.717, 1.165) is 25.7 Å². The van der Waals surface area contributed by atoms with Crippen molar-refractivity contribution in [2.24, 2.45) is 17.8 Å². The molecule has 5 heterocycles. The highest BCUT2D eigenvalue weighted by Gasteiger charge is 2.50. The van der Waals surface area contributed by atoms with Crippen molar-refractivity contribution in [2.45, 2.75) is 88.9 Å². The van der Waals surface area contributed by atoms with Crippen molar-refractivity contribution in [1.82, 2.24) is 19.7 Å². The Kier molecular flexibility index (Phi) is 6.94. The van der Waals surface area contributed by atoms with Gasteiger partial charge in [-0.2, -0.15) is 4.31 Å². The number of hydrogen-bond acceptors (Lipinski definition) is 8. The summed E-state index contributed by atoms with van der Waals surface area (Å²) in [5.74, 6) is 1.51. The number of hydrogen-bond donors (Lipinski definition) is 1. The van der Waals surface area contributed by atoms with Gasteiger partial charge in [0.2, 0.25) is 10.0 Å². The van der Waals surface area contributed by atoms with Crippen LogP contribution in [0, 0.1) is 17.8 Å². The number of aromatic nitrogens is 1. The van der Waals surface area contributed by atoms with E-state index in [-0.39, 0.29) is 53.4 Å². The van der Waals surface area contributed by atoms with Crippen molar-refractivity contribution in [2.75, 3.05) is 32.1 Å². The molecule has 6 rings (SSSR count). The summed E-state index contributed by atoms with van der Waals surface area (Å²) in [6.45, 7) is 8.06. The van der Waals surface area contributed by atoms with Crippen LogP contribution in [0.2, 0.25) is 0 Å². The van der Waals surface area contributed by atoms with E-state index in [1.54, 1.807) is 15.3 Å². The number of likely N-dealkylation sites (tertiary alicyclic amines) is 1. The van der Waals surface area contributed by atoms with Gasteiger partial charge >= 0.3 is 6.09 Å². The highest BCUT2D eigenvalue weighted by atomic mass is 32.2. The second-order valence-electron chi connectivity index (χ2n) is 13.2. The molecule has 5 aliphatic rings. The maximum atomic E-state index is 13.6. The van der Waals surface area contributed by atoms with Gasteiger partial charge in [0.25, 0.3) is 5.91 Å². The molecule has 11 nitrogen and oxygen atoms in total. The summed E-state index contributed by atoms with van der Waals surface area (Å²) in [6, 6.07) is 1.43. The number of piperidine rings is 1. The van der Waals surface area contributed by atoms with Crippen LogP contribution in [-0.2, 0) is 19.5 Å². The van der Waals surface area contributed by atoms with Crippen LogP contribution in [0.15, 0.2) is 10.6 Å². The Balaban J connectivity index is 1.01. The third-order valence-electron chi connectivity index (χ3n) is 9.07. The van der Waals surface area contributed by atoms with Crippen LogP contribution >= 0.6 is 0 Å². The van der Waals surface area contributed by atoms with Crippen molar-refractivity contribution in [3.05, 3.63) is 17.5 Å². The van der Waals surface area contributed by atoms with Crippen molar-refractivity contribution < 1.29 is 32.0 Å². The number of amides is 2. The fraction of sp³-hybridized carbons (Fsp3) is 0.815. The molecule has 1 aromatic heterocycles. The lowest BCUT2D eigenvalue weighted by Crippen LogP contribution is -2.53. The molecule has 1 aliphatic carbocycles. The number of ether oxygens (including phenoxy) is 2. The number of carbonyl (C=O) groups excluding carboxylic acids is 2. The van der Waals surface area contributed by atoms with E-state index >= 15 is 0 Å². The highest BCUT2D eigenvalue weighted by Crippen LogP contribution is 2.44. The number of carbonyl (C=O) groups is 2. The first-order chi connectivity index (χ1) is 18.4. The summed E-state index contributed by atoms with van der Waals surface area (Å²) < 4.78 is 45.0. The lowest BCUT2D eigenvalue weighted by atomic mass is 9.99. The molecule has 1 saturated carbocycles. The topological polar surface area (TPSA) is 131 Å². The molecule has 1 N–H and O–H groups in total. The Morgan fingerprint density at radius 3 is 2.28 bits per heavy atom. The molecular weight excluding hydrogens is 524 g/mol. The molecule has 2 bridgehead atoms. The minimum atomic E-state index is -3.42. The molecule has 1 aromatic rings. The van der Waals surface area contributed by atoms with Gasteiger partial charge in [-0.3, -0.25) is 4.79 Å². The molecule has 6 atom stereocenters. The van der Waals surface area contributed by atoms with Gasteiger partial charge in [0.05, 0.1) is 24.9 Å². The van der Waals surface area contributed by atoms with Crippen molar-refractivity contribution >= 4 is 22.0 Å². The second-order valence-corrected chi connectivity index (χ2v) is 15.1. The fourth-order valence-corrected chi connectivity index (χ4v) is 9.71. The average Bonchev–Trinajstić information content (AvgIpc) is 3.54. The van der Waals surface area contributed by atoms with E-state index < -0.39 is 15.6 Å². The SMILES string of the molecule is CC(C)(C)OC(=O)N1C[C@H]2CC(CS(=O)(=O)N3[C@@H]4CC[C@H]3CC(NC(=O)c3cc(C5COC5)on3)C4)C[C@H]2C1. The molecule has 2 amide bonds. The maximum absolute atomic E-state index is 13.6. The second kappa shape index (κ2) is 10.0. The maximum Gasteiger partial charge on any atom is 0.410 e. The predicted molar refractivity (Wildman–Crippen MR) is 140 cm³/mol. The average molecular weight is 565 g/mol. The van der Waals surface area contributed by atoms with Crippen LogP contribution in [0.4, 0.5) is 4.79 Å². The summed E-state index contributed by atoms with van der Waals surface area (Å²) in [5, 5.41) is 6.99. The minimum absolute atomic E-state index is 0.0809. The van der Waals surface area contributed by atoms with Crippen molar-refractivity contribution in [3.63, 3.8) is 0 Å². The Morgan fingerprint density at radius 1 is 1.08 bits per heavy atom. The molecule has 0 aromatic carbocycles. The first-order valence-electron chi connectivity index (χ1n) is 14.3. The number of sulfonamides is 1. The first-order valence-corrected chi connectivity index (χ1v) is 15.9. The summed E-state index contributed by atoms with van der Waals surface area (Å²) in [6.07, 6.45) is 4.27. The molecule has 2 unspecified atom stereocenters. The van der Waals surface area contributed by atoms with E-state index in [1.165, 1.54) is 0 Å². The van der Waals surface area contributed by atoms with Crippen LogP contribution in [0.5, 0.6) is 0 Å². The number of fused-ring (bicyclic) bond motifs is 3. The minimum Gasteiger partial charge on any atom is -0.444 e. The third kappa shape index (κ3) is 5.56. The van der Waals surface area contributed by atoms with Crippen LogP contribution in [0.3, 0.4) is 0 Å². The van der Waals surface area contributed by atoms with E-state index in [2.05, 4.69) is 10.5 Å². The largest absolute Gasteiger partial charge is 0.444 e. The summed E-state index contributed by atoms with van der Waals surface area (Å²) in [5.41, 5.74) is -0.261. The molecule has 0 spiro atoms. The Labute approximate surface area is 230 Å². The normalized spacial score (nSPS) is 33.2. The van der Waals surface area contributed by atoms with E-state index in [1.807, 2.05) is 20.8 Å². The van der Waals surface area contributed by atoms with Gasteiger partial charge < -0.3 is 24.2 Å².